The Balaban J connectivity index is 2.59. The molecule has 0 spiro atoms. The van der Waals surface area contributed by atoms with E-state index < -0.39 is 25.9 Å². The first-order valence-electron chi connectivity index (χ1n) is 6.38. The van der Waals surface area contributed by atoms with E-state index in [0.29, 0.717) is 16.8 Å². The standard InChI is InChI=1S/C15H15F3N2O/c16-6-10-1-2-11(13(8-18)12(10)7-17)15-9(3-4-20-15)5-14(19)21/h1-4,20H,5-8H2,(H2,19,21). The van der Waals surface area contributed by atoms with E-state index in [9.17, 15) is 18.0 Å². The summed E-state index contributed by atoms with van der Waals surface area (Å²) in [5.74, 6) is -0.524. The number of amides is 1. The highest BCUT2D eigenvalue weighted by Gasteiger charge is 2.18. The van der Waals surface area contributed by atoms with Gasteiger partial charge in [0.1, 0.15) is 20.0 Å². The van der Waals surface area contributed by atoms with Crippen molar-refractivity contribution in [1.82, 2.24) is 4.98 Å². The third-order valence-corrected chi connectivity index (χ3v) is 3.41. The van der Waals surface area contributed by atoms with Crippen LogP contribution in [-0.4, -0.2) is 10.9 Å². The maximum Gasteiger partial charge on any atom is 0.221 e. The third kappa shape index (κ3) is 2.94. The van der Waals surface area contributed by atoms with Gasteiger partial charge >= 0.3 is 0 Å². The van der Waals surface area contributed by atoms with Gasteiger partial charge in [0.2, 0.25) is 5.91 Å². The number of nitrogens with two attached hydrogens (primary N) is 1. The Hall–Kier alpha value is -2.24. The van der Waals surface area contributed by atoms with Crippen LogP contribution in [0.2, 0.25) is 0 Å². The van der Waals surface area contributed by atoms with Crippen molar-refractivity contribution in [2.24, 2.45) is 5.73 Å². The van der Waals surface area contributed by atoms with E-state index in [0.717, 1.165) is 0 Å². The molecule has 0 aliphatic heterocycles. The summed E-state index contributed by atoms with van der Waals surface area (Å²) in [7, 11) is 0. The Kier molecular flexibility index (Phi) is 4.67. The van der Waals surface area contributed by atoms with Gasteiger partial charge in [-0.25, -0.2) is 13.2 Å². The summed E-state index contributed by atoms with van der Waals surface area (Å²) in [5, 5.41) is 0. The van der Waals surface area contributed by atoms with Gasteiger partial charge in [0.05, 0.1) is 6.42 Å². The molecule has 21 heavy (non-hydrogen) atoms. The highest BCUT2D eigenvalue weighted by molar-refractivity contribution is 5.80. The van der Waals surface area contributed by atoms with Gasteiger partial charge in [-0.1, -0.05) is 12.1 Å². The molecule has 3 nitrogen and oxygen atoms in total. The van der Waals surface area contributed by atoms with Crippen LogP contribution in [0.15, 0.2) is 24.4 Å². The zero-order valence-corrected chi connectivity index (χ0v) is 11.3. The number of aromatic amines is 1. The predicted octanol–water partition coefficient (Wildman–Crippen LogP) is 3.12. The molecule has 2 aromatic rings. The van der Waals surface area contributed by atoms with Crippen molar-refractivity contribution in [2.45, 2.75) is 26.4 Å². The van der Waals surface area contributed by atoms with E-state index in [-0.39, 0.29) is 23.1 Å². The summed E-state index contributed by atoms with van der Waals surface area (Å²) < 4.78 is 39.3. The number of halogens is 3. The summed E-state index contributed by atoms with van der Waals surface area (Å²) in [6.07, 6.45) is 1.58. The maximum atomic E-state index is 13.3. The molecule has 1 amide bonds. The summed E-state index contributed by atoms with van der Waals surface area (Å²) in [6, 6.07) is 4.61. The number of aromatic nitrogens is 1. The van der Waals surface area contributed by atoms with Gasteiger partial charge in [-0.15, -0.1) is 0 Å². The van der Waals surface area contributed by atoms with Crippen LogP contribution in [0, 0.1) is 0 Å². The first-order valence-corrected chi connectivity index (χ1v) is 6.38. The normalized spacial score (nSPS) is 10.8. The van der Waals surface area contributed by atoms with Gasteiger partial charge in [0.25, 0.3) is 0 Å². The van der Waals surface area contributed by atoms with Gasteiger partial charge in [-0.2, -0.15) is 0 Å². The van der Waals surface area contributed by atoms with E-state index >= 15 is 0 Å². The Bertz CT molecular complexity index is 652. The summed E-state index contributed by atoms with van der Waals surface area (Å²) in [4.78, 5) is 14.0. The lowest BCUT2D eigenvalue weighted by atomic mass is 9.94. The summed E-state index contributed by atoms with van der Waals surface area (Å²) >= 11 is 0. The number of hydrogen-bond donors (Lipinski definition) is 2. The molecule has 0 aliphatic carbocycles. The number of rotatable bonds is 6. The average Bonchev–Trinajstić information content (AvgIpc) is 2.92. The van der Waals surface area contributed by atoms with Crippen LogP contribution in [0.25, 0.3) is 11.3 Å². The molecule has 3 N–H and O–H groups in total. The van der Waals surface area contributed by atoms with Crippen molar-refractivity contribution in [2.75, 3.05) is 0 Å². The van der Waals surface area contributed by atoms with Crippen LogP contribution in [-0.2, 0) is 31.2 Å². The number of primary amides is 1. The Morgan fingerprint density at radius 1 is 1.00 bits per heavy atom. The number of nitrogens with one attached hydrogen (secondary N) is 1. The molecule has 0 radical (unpaired) electrons. The fourth-order valence-corrected chi connectivity index (χ4v) is 2.41. The highest BCUT2D eigenvalue weighted by atomic mass is 19.1. The lowest BCUT2D eigenvalue weighted by Crippen LogP contribution is -2.14. The number of hydrogen-bond acceptors (Lipinski definition) is 1. The molecule has 0 fully saturated rings. The van der Waals surface area contributed by atoms with Gasteiger partial charge < -0.3 is 10.7 Å². The third-order valence-electron chi connectivity index (χ3n) is 3.41. The lowest BCUT2D eigenvalue weighted by molar-refractivity contribution is -0.117. The van der Waals surface area contributed by atoms with Crippen molar-refractivity contribution >= 4 is 5.91 Å². The number of carbonyl (C=O) groups excluding carboxylic acids is 1. The molecule has 0 saturated carbocycles. The molecule has 2 rings (SSSR count). The average molecular weight is 296 g/mol. The molecular weight excluding hydrogens is 281 g/mol. The van der Waals surface area contributed by atoms with E-state index in [1.165, 1.54) is 12.1 Å². The minimum absolute atomic E-state index is 0.0135. The van der Waals surface area contributed by atoms with Crippen LogP contribution in [0.3, 0.4) is 0 Å². The fourth-order valence-electron chi connectivity index (χ4n) is 2.41. The number of alkyl halides is 3. The van der Waals surface area contributed by atoms with Crippen LogP contribution in [0.5, 0.6) is 0 Å². The second-order valence-corrected chi connectivity index (χ2v) is 4.65. The van der Waals surface area contributed by atoms with Crippen molar-refractivity contribution in [3.63, 3.8) is 0 Å². The summed E-state index contributed by atoms with van der Waals surface area (Å²) in [5.41, 5.74) is 6.94. The lowest BCUT2D eigenvalue weighted by Gasteiger charge is -2.14. The molecule has 112 valence electrons. The van der Waals surface area contributed by atoms with Gasteiger partial charge in [-0.05, 0) is 28.3 Å². The van der Waals surface area contributed by atoms with Gasteiger partial charge in [0.15, 0.2) is 0 Å². The van der Waals surface area contributed by atoms with E-state index in [1.807, 2.05) is 0 Å². The Morgan fingerprint density at radius 3 is 2.29 bits per heavy atom. The van der Waals surface area contributed by atoms with E-state index in [2.05, 4.69) is 4.98 Å². The fraction of sp³-hybridized carbons (Fsp3) is 0.267. The molecule has 6 heteroatoms. The quantitative estimate of drug-likeness (QED) is 0.845. The summed E-state index contributed by atoms with van der Waals surface area (Å²) in [6.45, 7) is -2.72. The second kappa shape index (κ2) is 6.47. The van der Waals surface area contributed by atoms with E-state index in [1.54, 1.807) is 12.3 Å². The SMILES string of the molecule is NC(=O)Cc1cc[nH]c1-c1ccc(CF)c(CF)c1CF. The van der Waals surface area contributed by atoms with Crippen molar-refractivity contribution in [3.05, 3.63) is 46.6 Å². The maximum absolute atomic E-state index is 13.3. The van der Waals surface area contributed by atoms with Crippen molar-refractivity contribution in [1.29, 1.82) is 0 Å². The minimum Gasteiger partial charge on any atom is -0.369 e. The molecule has 0 unspecified atom stereocenters. The van der Waals surface area contributed by atoms with Crippen LogP contribution in [0.4, 0.5) is 13.2 Å². The van der Waals surface area contributed by atoms with Gasteiger partial charge in [0, 0.05) is 17.5 Å². The second-order valence-electron chi connectivity index (χ2n) is 4.65. The number of carbonyl (C=O) groups is 1. The first kappa shape index (κ1) is 15.2. The van der Waals surface area contributed by atoms with E-state index in [4.69, 9.17) is 5.73 Å². The minimum atomic E-state index is -0.946. The van der Waals surface area contributed by atoms with Crippen molar-refractivity contribution in [3.8, 4) is 11.3 Å². The van der Waals surface area contributed by atoms with Crippen LogP contribution in [0.1, 0.15) is 22.3 Å². The molecule has 0 saturated heterocycles. The molecule has 1 heterocycles. The molecule has 0 atom stereocenters. The molecule has 0 aliphatic rings. The number of H-pyrrole nitrogens is 1. The van der Waals surface area contributed by atoms with Crippen LogP contribution < -0.4 is 5.73 Å². The first-order chi connectivity index (χ1) is 10.1. The zero-order chi connectivity index (χ0) is 15.4. The molecule has 0 bridgehead atoms. The van der Waals surface area contributed by atoms with Crippen molar-refractivity contribution < 1.29 is 18.0 Å². The Morgan fingerprint density at radius 2 is 1.71 bits per heavy atom. The topological polar surface area (TPSA) is 58.9 Å². The monoisotopic (exact) mass is 296 g/mol. The predicted molar refractivity (Wildman–Crippen MR) is 73.6 cm³/mol. The zero-order valence-electron chi connectivity index (χ0n) is 11.3. The molecular formula is C15H15F3N2O. The largest absolute Gasteiger partial charge is 0.369 e. The van der Waals surface area contributed by atoms with Gasteiger partial charge in [-0.3, -0.25) is 4.79 Å². The number of benzene rings is 1. The molecule has 1 aromatic carbocycles. The van der Waals surface area contributed by atoms with Crippen LogP contribution >= 0.6 is 0 Å². The Labute approximate surface area is 120 Å². The molecule has 1 aromatic heterocycles. The highest BCUT2D eigenvalue weighted by Crippen LogP contribution is 2.32. The smallest absolute Gasteiger partial charge is 0.221 e.